The predicted molar refractivity (Wildman–Crippen MR) is 68.3 cm³/mol. The van der Waals surface area contributed by atoms with Crippen molar-refractivity contribution in [3.05, 3.63) is 60.1 Å². The van der Waals surface area contributed by atoms with Crippen molar-refractivity contribution in [2.24, 2.45) is 5.16 Å². The second kappa shape index (κ2) is 6.02. The van der Waals surface area contributed by atoms with Crippen molar-refractivity contribution in [2.75, 3.05) is 6.61 Å². The van der Waals surface area contributed by atoms with Gasteiger partial charge in [-0.2, -0.15) is 0 Å². The number of oxime groups is 1. The van der Waals surface area contributed by atoms with E-state index in [-0.39, 0.29) is 6.61 Å². The van der Waals surface area contributed by atoms with E-state index in [0.717, 1.165) is 5.56 Å². The molecule has 0 aliphatic heterocycles. The summed E-state index contributed by atoms with van der Waals surface area (Å²) >= 11 is 0. The van der Waals surface area contributed by atoms with Crippen molar-refractivity contribution in [3.63, 3.8) is 0 Å². The summed E-state index contributed by atoms with van der Waals surface area (Å²) in [4.78, 5) is 5.11. The largest absolute Gasteiger partial charge is 0.463 e. The van der Waals surface area contributed by atoms with Crippen molar-refractivity contribution < 1.29 is 14.4 Å². The molecule has 0 radical (unpaired) electrons. The lowest BCUT2D eigenvalue weighted by atomic mass is 10.1. The van der Waals surface area contributed by atoms with Crippen molar-refractivity contribution >= 4 is 5.71 Å². The van der Waals surface area contributed by atoms with Gasteiger partial charge in [0.15, 0.2) is 5.76 Å². The van der Waals surface area contributed by atoms with Crippen LogP contribution >= 0.6 is 0 Å². The van der Waals surface area contributed by atoms with Crippen LogP contribution in [0, 0.1) is 0 Å². The maximum absolute atomic E-state index is 9.85. The molecule has 0 saturated carbocycles. The molecule has 2 rings (SSSR count). The summed E-state index contributed by atoms with van der Waals surface area (Å²) in [5.74, 6) is 0.657. The smallest absolute Gasteiger partial charge is 0.151 e. The van der Waals surface area contributed by atoms with Crippen LogP contribution in [0.4, 0.5) is 0 Å². The van der Waals surface area contributed by atoms with Crippen LogP contribution in [0.1, 0.15) is 24.4 Å². The molecular weight excluding hydrogens is 230 g/mol. The number of hydrogen-bond acceptors (Lipinski definition) is 4. The molecule has 1 N–H and O–H groups in total. The lowest BCUT2D eigenvalue weighted by Crippen LogP contribution is -2.05. The number of benzene rings is 1. The highest BCUT2D eigenvalue weighted by Gasteiger charge is 2.07. The van der Waals surface area contributed by atoms with E-state index in [1.807, 2.05) is 30.3 Å². The molecule has 0 fully saturated rings. The van der Waals surface area contributed by atoms with Gasteiger partial charge < -0.3 is 14.4 Å². The van der Waals surface area contributed by atoms with Crippen molar-refractivity contribution in [1.82, 2.24) is 0 Å². The minimum absolute atomic E-state index is 0.113. The number of aliphatic hydroxyl groups is 1. The number of aliphatic hydroxyl groups excluding tert-OH is 1. The van der Waals surface area contributed by atoms with Gasteiger partial charge in [-0.15, -0.1) is 0 Å². The van der Waals surface area contributed by atoms with Crippen LogP contribution < -0.4 is 0 Å². The van der Waals surface area contributed by atoms with Crippen LogP contribution in [0.2, 0.25) is 0 Å². The fourth-order valence-corrected chi connectivity index (χ4v) is 1.51. The maximum Gasteiger partial charge on any atom is 0.151 e. The van der Waals surface area contributed by atoms with Crippen LogP contribution in [0.15, 0.2) is 58.3 Å². The number of hydrogen-bond donors (Lipinski definition) is 1. The first kappa shape index (κ1) is 12.4. The Bertz CT molecular complexity index is 491. The fourth-order valence-electron chi connectivity index (χ4n) is 1.51. The zero-order chi connectivity index (χ0) is 12.8. The highest BCUT2D eigenvalue weighted by atomic mass is 16.6. The van der Waals surface area contributed by atoms with Gasteiger partial charge in [-0.05, 0) is 24.6 Å². The molecular formula is C14H15NO3. The monoisotopic (exact) mass is 245 g/mol. The Hall–Kier alpha value is -2.07. The maximum atomic E-state index is 9.85. The Morgan fingerprint density at radius 2 is 2.06 bits per heavy atom. The van der Waals surface area contributed by atoms with E-state index in [9.17, 15) is 5.11 Å². The second-order valence-electron chi connectivity index (χ2n) is 3.88. The zero-order valence-electron chi connectivity index (χ0n) is 10.1. The molecule has 94 valence electrons. The minimum Gasteiger partial charge on any atom is -0.463 e. The lowest BCUT2D eigenvalue weighted by molar-refractivity contribution is 0.0393. The summed E-state index contributed by atoms with van der Waals surface area (Å²) < 4.78 is 5.16. The molecule has 0 amide bonds. The molecule has 2 aromatic rings. The Labute approximate surface area is 105 Å². The predicted octanol–water partition coefficient (Wildman–Crippen LogP) is 2.75. The van der Waals surface area contributed by atoms with Gasteiger partial charge in [0.05, 0.1) is 6.26 Å². The van der Waals surface area contributed by atoms with E-state index >= 15 is 0 Å². The van der Waals surface area contributed by atoms with Gasteiger partial charge in [-0.1, -0.05) is 35.5 Å². The number of nitrogens with zero attached hydrogens (tertiary/aromatic N) is 1. The van der Waals surface area contributed by atoms with Crippen molar-refractivity contribution in [2.45, 2.75) is 13.0 Å². The number of furan rings is 1. The SMILES string of the molecule is C/C(=N/OC[C@H](O)c1ccccc1)c1ccco1. The topological polar surface area (TPSA) is 55.0 Å². The molecule has 0 spiro atoms. The highest BCUT2D eigenvalue weighted by Crippen LogP contribution is 2.12. The molecule has 0 saturated heterocycles. The summed E-state index contributed by atoms with van der Waals surface area (Å²) in [6, 6.07) is 12.9. The fraction of sp³-hybridized carbons (Fsp3) is 0.214. The standard InChI is InChI=1S/C14H15NO3/c1-11(14-8-5-9-17-14)15-18-10-13(16)12-6-3-2-4-7-12/h2-9,13,16H,10H2,1H3/b15-11-/t13-/m0/s1. The molecule has 18 heavy (non-hydrogen) atoms. The first-order valence-electron chi connectivity index (χ1n) is 5.71. The Morgan fingerprint density at radius 1 is 1.28 bits per heavy atom. The van der Waals surface area contributed by atoms with Crippen LogP contribution in [0.3, 0.4) is 0 Å². The molecule has 1 aromatic carbocycles. The summed E-state index contributed by atoms with van der Waals surface area (Å²) in [6.45, 7) is 1.90. The van der Waals surface area contributed by atoms with E-state index < -0.39 is 6.10 Å². The van der Waals surface area contributed by atoms with E-state index in [1.165, 1.54) is 0 Å². The molecule has 1 atom stereocenters. The van der Waals surface area contributed by atoms with Gasteiger partial charge in [-0.25, -0.2) is 0 Å². The third-order valence-electron chi connectivity index (χ3n) is 2.50. The van der Waals surface area contributed by atoms with Crippen molar-refractivity contribution in [1.29, 1.82) is 0 Å². The Kier molecular flexibility index (Phi) is 4.15. The highest BCUT2D eigenvalue weighted by molar-refractivity contribution is 5.95. The van der Waals surface area contributed by atoms with Crippen LogP contribution in [-0.4, -0.2) is 17.4 Å². The van der Waals surface area contributed by atoms with Crippen LogP contribution in [0.25, 0.3) is 0 Å². The van der Waals surface area contributed by atoms with Crippen LogP contribution in [0.5, 0.6) is 0 Å². The molecule has 4 heteroatoms. The van der Waals surface area contributed by atoms with E-state index in [2.05, 4.69) is 5.16 Å². The summed E-state index contributed by atoms with van der Waals surface area (Å²) in [7, 11) is 0. The molecule has 0 aliphatic rings. The van der Waals surface area contributed by atoms with E-state index in [0.29, 0.717) is 11.5 Å². The second-order valence-corrected chi connectivity index (χ2v) is 3.88. The quantitative estimate of drug-likeness (QED) is 0.651. The summed E-state index contributed by atoms with van der Waals surface area (Å²) in [5, 5.41) is 13.7. The molecule has 1 aromatic heterocycles. The van der Waals surface area contributed by atoms with Gasteiger partial charge in [0.1, 0.15) is 18.4 Å². The Balaban J connectivity index is 1.87. The minimum atomic E-state index is -0.681. The first-order chi connectivity index (χ1) is 8.77. The van der Waals surface area contributed by atoms with Gasteiger partial charge in [0.25, 0.3) is 0 Å². The van der Waals surface area contributed by atoms with Gasteiger partial charge in [0.2, 0.25) is 0 Å². The lowest BCUT2D eigenvalue weighted by Gasteiger charge is -2.09. The third kappa shape index (κ3) is 3.21. The van der Waals surface area contributed by atoms with Crippen molar-refractivity contribution in [3.8, 4) is 0 Å². The van der Waals surface area contributed by atoms with Crippen LogP contribution in [-0.2, 0) is 4.84 Å². The third-order valence-corrected chi connectivity index (χ3v) is 2.50. The summed E-state index contributed by atoms with van der Waals surface area (Å²) in [6.07, 6.45) is 0.895. The van der Waals surface area contributed by atoms with Gasteiger partial charge in [-0.3, -0.25) is 0 Å². The normalized spacial score (nSPS) is 13.3. The molecule has 1 heterocycles. The molecule has 4 nitrogen and oxygen atoms in total. The van der Waals surface area contributed by atoms with E-state index in [4.69, 9.17) is 9.25 Å². The van der Waals surface area contributed by atoms with Gasteiger partial charge >= 0.3 is 0 Å². The first-order valence-corrected chi connectivity index (χ1v) is 5.71. The average molecular weight is 245 g/mol. The summed E-state index contributed by atoms with van der Waals surface area (Å²) in [5.41, 5.74) is 1.45. The molecule has 0 aliphatic carbocycles. The number of rotatable bonds is 5. The molecule has 0 bridgehead atoms. The molecule has 0 unspecified atom stereocenters. The Morgan fingerprint density at radius 3 is 2.72 bits per heavy atom. The van der Waals surface area contributed by atoms with Gasteiger partial charge in [0, 0.05) is 0 Å². The average Bonchev–Trinajstić information content (AvgIpc) is 2.93. The van der Waals surface area contributed by atoms with E-state index in [1.54, 1.807) is 25.3 Å². The zero-order valence-corrected chi connectivity index (χ0v) is 10.1.